The van der Waals surface area contributed by atoms with Gasteiger partial charge in [0.25, 0.3) is 0 Å². The van der Waals surface area contributed by atoms with Crippen molar-refractivity contribution in [2.24, 2.45) is 5.73 Å². The molecule has 3 rings (SSSR count). The molecule has 0 aromatic heterocycles. The molecule has 1 heterocycles. The average Bonchev–Trinajstić information content (AvgIpc) is 2.44. The molecule has 0 saturated carbocycles. The fourth-order valence-electron chi connectivity index (χ4n) is 2.37. The molecule has 1 aliphatic rings. The molecular weight excluding hydrogens is 256 g/mol. The van der Waals surface area contributed by atoms with E-state index in [9.17, 15) is 0 Å². The second-order valence-corrected chi connectivity index (χ2v) is 5.07. The lowest BCUT2D eigenvalue weighted by Gasteiger charge is -2.32. The Balaban J connectivity index is 1.88. The third-order valence-electron chi connectivity index (χ3n) is 3.40. The first-order valence-corrected chi connectivity index (χ1v) is 6.65. The molecular formula is C16H15ClN2. The summed E-state index contributed by atoms with van der Waals surface area (Å²) in [4.78, 5) is 2.12. The zero-order valence-electron chi connectivity index (χ0n) is 10.5. The summed E-state index contributed by atoms with van der Waals surface area (Å²) >= 11 is 6.19. The molecule has 2 nitrogen and oxygen atoms in total. The van der Waals surface area contributed by atoms with Crippen molar-refractivity contribution in [3.63, 3.8) is 0 Å². The summed E-state index contributed by atoms with van der Waals surface area (Å²) in [7, 11) is 0. The van der Waals surface area contributed by atoms with Crippen molar-refractivity contribution in [1.82, 2.24) is 4.90 Å². The van der Waals surface area contributed by atoms with E-state index in [4.69, 9.17) is 17.3 Å². The third kappa shape index (κ3) is 2.37. The molecule has 0 amide bonds. The van der Waals surface area contributed by atoms with E-state index < -0.39 is 0 Å². The second kappa shape index (κ2) is 5.08. The van der Waals surface area contributed by atoms with E-state index in [1.807, 2.05) is 48.7 Å². The smallest absolute Gasteiger partial charge is 0.104 e. The van der Waals surface area contributed by atoms with Crippen LogP contribution in [0.5, 0.6) is 0 Å². The molecule has 0 saturated heterocycles. The summed E-state index contributed by atoms with van der Waals surface area (Å²) in [6, 6.07) is 16.2. The summed E-state index contributed by atoms with van der Waals surface area (Å²) < 4.78 is 0. The van der Waals surface area contributed by atoms with Crippen LogP contribution in [0.2, 0.25) is 5.02 Å². The molecule has 0 radical (unpaired) electrons. The van der Waals surface area contributed by atoms with Crippen LogP contribution in [0.1, 0.15) is 22.9 Å². The first-order valence-electron chi connectivity index (χ1n) is 6.27. The van der Waals surface area contributed by atoms with Gasteiger partial charge < -0.3 is 10.6 Å². The summed E-state index contributed by atoms with van der Waals surface area (Å²) in [5, 5.41) is 0.753. The lowest BCUT2D eigenvalue weighted by Crippen LogP contribution is -2.32. The highest BCUT2D eigenvalue weighted by Crippen LogP contribution is 2.32. The highest BCUT2D eigenvalue weighted by Gasteiger charge is 2.20. The molecule has 0 aliphatic carbocycles. The van der Waals surface area contributed by atoms with Crippen molar-refractivity contribution >= 4 is 17.7 Å². The quantitative estimate of drug-likeness (QED) is 0.900. The topological polar surface area (TPSA) is 29.3 Å². The number of hydrogen-bond donors (Lipinski definition) is 1. The zero-order chi connectivity index (χ0) is 13.2. The molecule has 0 spiro atoms. The molecule has 2 N–H and O–H groups in total. The van der Waals surface area contributed by atoms with E-state index in [0.717, 1.165) is 22.7 Å². The van der Waals surface area contributed by atoms with Crippen molar-refractivity contribution in [1.29, 1.82) is 0 Å². The number of benzene rings is 2. The first kappa shape index (κ1) is 12.3. The lowest BCUT2D eigenvalue weighted by molar-refractivity contribution is 0.275. The van der Waals surface area contributed by atoms with Gasteiger partial charge in [0.05, 0.1) is 0 Å². The molecule has 96 valence electrons. The summed E-state index contributed by atoms with van der Waals surface area (Å²) in [5.74, 6) is 0. The maximum absolute atomic E-state index is 6.32. The predicted octanol–water partition coefficient (Wildman–Crippen LogP) is 3.78. The Morgan fingerprint density at radius 3 is 2.63 bits per heavy atom. The fraction of sp³-hybridized carbons (Fsp3) is 0.125. The molecule has 19 heavy (non-hydrogen) atoms. The van der Waals surface area contributed by atoms with E-state index in [2.05, 4.69) is 17.0 Å². The van der Waals surface area contributed by atoms with Crippen LogP contribution in [0.4, 0.5) is 0 Å². The van der Waals surface area contributed by atoms with Crippen molar-refractivity contribution in [2.75, 3.05) is 0 Å². The van der Waals surface area contributed by atoms with Crippen LogP contribution in [-0.4, -0.2) is 4.90 Å². The SMILES string of the molecule is NC1c2cccc(Cl)c2C=CN1Cc1ccccc1. The Morgan fingerprint density at radius 2 is 1.84 bits per heavy atom. The van der Waals surface area contributed by atoms with Crippen molar-refractivity contribution in [3.8, 4) is 0 Å². The van der Waals surface area contributed by atoms with Crippen molar-refractivity contribution < 1.29 is 0 Å². The van der Waals surface area contributed by atoms with E-state index in [-0.39, 0.29) is 6.17 Å². The van der Waals surface area contributed by atoms with Crippen LogP contribution < -0.4 is 5.73 Å². The van der Waals surface area contributed by atoms with Gasteiger partial charge in [-0.2, -0.15) is 0 Å². The summed E-state index contributed by atoms with van der Waals surface area (Å²) in [6.07, 6.45) is 3.90. The minimum absolute atomic E-state index is 0.154. The number of nitrogens with zero attached hydrogens (tertiary/aromatic N) is 1. The Kier molecular flexibility index (Phi) is 3.28. The van der Waals surface area contributed by atoms with Gasteiger partial charge in [0, 0.05) is 23.3 Å². The molecule has 1 atom stereocenters. The number of rotatable bonds is 2. The Labute approximate surface area is 118 Å². The van der Waals surface area contributed by atoms with Gasteiger partial charge in [-0.05, 0) is 23.3 Å². The molecule has 2 aromatic rings. The lowest BCUT2D eigenvalue weighted by atomic mass is 10.0. The number of hydrogen-bond acceptors (Lipinski definition) is 2. The predicted molar refractivity (Wildman–Crippen MR) is 79.4 cm³/mol. The second-order valence-electron chi connectivity index (χ2n) is 4.66. The maximum atomic E-state index is 6.32. The van der Waals surface area contributed by atoms with E-state index in [0.29, 0.717) is 0 Å². The maximum Gasteiger partial charge on any atom is 0.104 e. The van der Waals surface area contributed by atoms with Gasteiger partial charge >= 0.3 is 0 Å². The van der Waals surface area contributed by atoms with Crippen LogP contribution in [0.15, 0.2) is 54.7 Å². The van der Waals surface area contributed by atoms with Crippen LogP contribution in [0.25, 0.3) is 6.08 Å². The zero-order valence-corrected chi connectivity index (χ0v) is 11.2. The summed E-state index contributed by atoms with van der Waals surface area (Å²) in [5.41, 5.74) is 9.67. The van der Waals surface area contributed by atoms with E-state index in [1.165, 1.54) is 5.56 Å². The number of halogens is 1. The van der Waals surface area contributed by atoms with Crippen LogP contribution in [0.3, 0.4) is 0 Å². The van der Waals surface area contributed by atoms with Gasteiger partial charge in [0.2, 0.25) is 0 Å². The molecule has 0 fully saturated rings. The van der Waals surface area contributed by atoms with Gasteiger partial charge in [-0.25, -0.2) is 0 Å². The van der Waals surface area contributed by atoms with Crippen LogP contribution in [0, 0.1) is 0 Å². The summed E-state index contributed by atoms with van der Waals surface area (Å²) in [6.45, 7) is 0.796. The van der Waals surface area contributed by atoms with Crippen molar-refractivity contribution in [2.45, 2.75) is 12.7 Å². The van der Waals surface area contributed by atoms with Gasteiger partial charge in [-0.3, -0.25) is 0 Å². The first-order chi connectivity index (χ1) is 9.25. The average molecular weight is 271 g/mol. The highest BCUT2D eigenvalue weighted by atomic mass is 35.5. The minimum Gasteiger partial charge on any atom is -0.354 e. The van der Waals surface area contributed by atoms with Gasteiger partial charge in [-0.1, -0.05) is 54.1 Å². The van der Waals surface area contributed by atoms with Gasteiger partial charge in [0.1, 0.15) is 6.17 Å². The fourth-order valence-corrected chi connectivity index (χ4v) is 2.62. The van der Waals surface area contributed by atoms with Crippen LogP contribution in [-0.2, 0) is 6.54 Å². The number of nitrogens with two attached hydrogens (primary N) is 1. The molecule has 0 bridgehead atoms. The molecule has 1 aliphatic heterocycles. The minimum atomic E-state index is -0.154. The van der Waals surface area contributed by atoms with E-state index in [1.54, 1.807) is 0 Å². The third-order valence-corrected chi connectivity index (χ3v) is 3.73. The molecule has 2 aromatic carbocycles. The Morgan fingerprint density at radius 1 is 1.05 bits per heavy atom. The van der Waals surface area contributed by atoms with E-state index >= 15 is 0 Å². The van der Waals surface area contributed by atoms with Gasteiger partial charge in [0.15, 0.2) is 0 Å². The number of fused-ring (bicyclic) bond motifs is 1. The normalized spacial score (nSPS) is 17.4. The largest absolute Gasteiger partial charge is 0.354 e. The highest BCUT2D eigenvalue weighted by molar-refractivity contribution is 6.32. The molecule has 3 heteroatoms. The standard InChI is InChI=1S/C16H15ClN2/c17-15-8-4-7-14-13(15)9-10-19(16(14)18)11-12-5-2-1-3-6-12/h1-10,16H,11,18H2. The molecule has 1 unspecified atom stereocenters. The Hall–Kier alpha value is -1.77. The van der Waals surface area contributed by atoms with Gasteiger partial charge in [-0.15, -0.1) is 0 Å². The van der Waals surface area contributed by atoms with Crippen LogP contribution >= 0.6 is 11.6 Å². The Bertz CT molecular complexity index is 607. The van der Waals surface area contributed by atoms with Crippen molar-refractivity contribution in [3.05, 3.63) is 76.4 Å². The monoisotopic (exact) mass is 270 g/mol.